The number of aryl methyl sites for hydroxylation is 2. The summed E-state index contributed by atoms with van der Waals surface area (Å²) in [6, 6.07) is 15.5. The number of thiazole rings is 1. The molecule has 0 aliphatic heterocycles. The zero-order valence-corrected chi connectivity index (χ0v) is 16.9. The van der Waals surface area contributed by atoms with Gasteiger partial charge in [-0.05, 0) is 19.1 Å². The van der Waals surface area contributed by atoms with E-state index in [1.165, 1.54) is 10.1 Å². The standard InChI is InChI=1S/C22H21N3O3S/c1-15-6-8-16(9-7-15)21-24-17(14-29-21)10-12-23-20(26)11-13-25-18-4-2-3-5-19(18)28-22(25)27/h2-9,14H,10-13H2,1H3,(H,23,26). The van der Waals surface area contributed by atoms with Gasteiger partial charge in [-0.25, -0.2) is 9.78 Å². The highest BCUT2D eigenvalue weighted by Gasteiger charge is 2.10. The van der Waals surface area contributed by atoms with Crippen LogP contribution in [0.4, 0.5) is 0 Å². The summed E-state index contributed by atoms with van der Waals surface area (Å²) in [7, 11) is 0. The fourth-order valence-electron chi connectivity index (χ4n) is 3.11. The molecule has 148 valence electrons. The van der Waals surface area contributed by atoms with Crippen molar-refractivity contribution in [1.29, 1.82) is 0 Å². The number of para-hydroxylation sites is 2. The molecule has 0 fully saturated rings. The van der Waals surface area contributed by atoms with Crippen LogP contribution in [0.3, 0.4) is 0 Å². The number of amides is 1. The number of benzene rings is 2. The molecule has 2 aromatic heterocycles. The Morgan fingerprint density at radius 1 is 1.17 bits per heavy atom. The Morgan fingerprint density at radius 2 is 1.97 bits per heavy atom. The first-order chi connectivity index (χ1) is 14.1. The van der Waals surface area contributed by atoms with E-state index >= 15 is 0 Å². The number of oxazole rings is 1. The predicted octanol–water partition coefficient (Wildman–Crippen LogP) is 3.78. The summed E-state index contributed by atoms with van der Waals surface area (Å²) in [6.45, 7) is 2.86. The smallest absolute Gasteiger partial charge is 0.408 e. The second-order valence-electron chi connectivity index (χ2n) is 6.85. The third-order valence-electron chi connectivity index (χ3n) is 4.69. The van der Waals surface area contributed by atoms with Crippen molar-refractivity contribution in [2.24, 2.45) is 0 Å². The molecule has 2 aromatic carbocycles. The molecule has 4 rings (SSSR count). The average molecular weight is 407 g/mol. The molecule has 0 aliphatic carbocycles. The predicted molar refractivity (Wildman–Crippen MR) is 114 cm³/mol. The minimum Gasteiger partial charge on any atom is -0.408 e. The number of hydrogen-bond acceptors (Lipinski definition) is 5. The van der Waals surface area contributed by atoms with Crippen molar-refractivity contribution in [2.75, 3.05) is 6.54 Å². The van der Waals surface area contributed by atoms with E-state index in [2.05, 4.69) is 41.5 Å². The van der Waals surface area contributed by atoms with Crippen LogP contribution in [0, 0.1) is 6.92 Å². The maximum atomic E-state index is 12.2. The van der Waals surface area contributed by atoms with E-state index in [4.69, 9.17) is 4.42 Å². The van der Waals surface area contributed by atoms with Crippen molar-refractivity contribution in [2.45, 2.75) is 26.3 Å². The van der Waals surface area contributed by atoms with Gasteiger partial charge in [-0.3, -0.25) is 9.36 Å². The molecular formula is C22H21N3O3S. The largest absolute Gasteiger partial charge is 0.419 e. The van der Waals surface area contributed by atoms with Crippen LogP contribution >= 0.6 is 11.3 Å². The van der Waals surface area contributed by atoms with Gasteiger partial charge in [0, 0.05) is 36.9 Å². The highest BCUT2D eigenvalue weighted by atomic mass is 32.1. The Morgan fingerprint density at radius 3 is 2.79 bits per heavy atom. The number of rotatable bonds is 7. The van der Waals surface area contributed by atoms with E-state index in [-0.39, 0.29) is 18.9 Å². The van der Waals surface area contributed by atoms with Gasteiger partial charge in [0.2, 0.25) is 5.91 Å². The Labute approximate surface area is 171 Å². The zero-order chi connectivity index (χ0) is 20.2. The van der Waals surface area contributed by atoms with Crippen molar-refractivity contribution in [1.82, 2.24) is 14.9 Å². The molecule has 0 unspecified atom stereocenters. The normalized spacial score (nSPS) is 11.1. The van der Waals surface area contributed by atoms with E-state index < -0.39 is 5.76 Å². The third kappa shape index (κ3) is 4.46. The van der Waals surface area contributed by atoms with Gasteiger partial charge in [0.1, 0.15) is 5.01 Å². The van der Waals surface area contributed by atoms with Gasteiger partial charge < -0.3 is 9.73 Å². The van der Waals surface area contributed by atoms with Crippen LogP contribution in [-0.4, -0.2) is 22.0 Å². The summed E-state index contributed by atoms with van der Waals surface area (Å²) < 4.78 is 6.67. The molecule has 0 spiro atoms. The lowest BCUT2D eigenvalue weighted by atomic mass is 10.2. The van der Waals surface area contributed by atoms with Crippen LogP contribution in [-0.2, 0) is 17.8 Å². The highest BCUT2D eigenvalue weighted by Crippen LogP contribution is 2.24. The summed E-state index contributed by atoms with van der Waals surface area (Å²) in [6.07, 6.45) is 0.887. The van der Waals surface area contributed by atoms with E-state index in [9.17, 15) is 9.59 Å². The number of nitrogens with one attached hydrogen (secondary N) is 1. The number of carbonyl (C=O) groups excluding carboxylic acids is 1. The SMILES string of the molecule is Cc1ccc(-c2nc(CCNC(=O)CCn3c(=O)oc4ccccc43)cs2)cc1. The summed E-state index contributed by atoms with van der Waals surface area (Å²) >= 11 is 1.61. The molecule has 0 radical (unpaired) electrons. The maximum absolute atomic E-state index is 12.2. The lowest BCUT2D eigenvalue weighted by molar-refractivity contribution is -0.121. The summed E-state index contributed by atoms with van der Waals surface area (Å²) in [5.74, 6) is -0.540. The molecule has 0 atom stereocenters. The van der Waals surface area contributed by atoms with E-state index in [0.717, 1.165) is 16.3 Å². The molecule has 1 N–H and O–H groups in total. The molecule has 29 heavy (non-hydrogen) atoms. The highest BCUT2D eigenvalue weighted by molar-refractivity contribution is 7.13. The second kappa shape index (κ2) is 8.45. The Bertz CT molecular complexity index is 1190. The number of nitrogens with zero attached hydrogens (tertiary/aromatic N) is 2. The third-order valence-corrected chi connectivity index (χ3v) is 5.63. The summed E-state index contributed by atoms with van der Waals surface area (Å²) in [5.41, 5.74) is 4.53. The van der Waals surface area contributed by atoms with E-state index in [1.54, 1.807) is 17.4 Å². The van der Waals surface area contributed by atoms with Gasteiger partial charge in [-0.1, -0.05) is 42.0 Å². The zero-order valence-electron chi connectivity index (χ0n) is 16.1. The Balaban J connectivity index is 1.28. The summed E-state index contributed by atoms with van der Waals surface area (Å²) in [5, 5.41) is 5.91. The van der Waals surface area contributed by atoms with Crippen molar-refractivity contribution in [3.8, 4) is 10.6 Å². The van der Waals surface area contributed by atoms with E-state index in [0.29, 0.717) is 24.1 Å². The first kappa shape index (κ1) is 19.1. The van der Waals surface area contributed by atoms with Gasteiger partial charge in [-0.2, -0.15) is 0 Å². The molecule has 6 nitrogen and oxygen atoms in total. The average Bonchev–Trinajstić information content (AvgIpc) is 3.31. The minimum atomic E-state index is -0.440. The monoisotopic (exact) mass is 407 g/mol. The Kier molecular flexibility index (Phi) is 5.57. The van der Waals surface area contributed by atoms with Crippen LogP contribution in [0.15, 0.2) is 63.1 Å². The fraction of sp³-hybridized carbons (Fsp3) is 0.227. The van der Waals surface area contributed by atoms with Gasteiger partial charge in [0.05, 0.1) is 11.2 Å². The van der Waals surface area contributed by atoms with Gasteiger partial charge in [0.25, 0.3) is 0 Å². The second-order valence-corrected chi connectivity index (χ2v) is 7.71. The molecule has 1 amide bonds. The van der Waals surface area contributed by atoms with Crippen molar-refractivity contribution in [3.05, 3.63) is 75.7 Å². The molecule has 4 aromatic rings. The van der Waals surface area contributed by atoms with Crippen molar-refractivity contribution < 1.29 is 9.21 Å². The lowest BCUT2D eigenvalue weighted by Gasteiger charge is -2.05. The molecule has 7 heteroatoms. The van der Waals surface area contributed by atoms with Crippen LogP contribution in [0.1, 0.15) is 17.7 Å². The summed E-state index contributed by atoms with van der Waals surface area (Å²) in [4.78, 5) is 28.8. The van der Waals surface area contributed by atoms with Gasteiger partial charge >= 0.3 is 5.76 Å². The molecule has 2 heterocycles. The molecule has 0 aliphatic rings. The lowest BCUT2D eigenvalue weighted by Crippen LogP contribution is -2.28. The number of hydrogen-bond donors (Lipinski definition) is 1. The first-order valence-corrected chi connectivity index (χ1v) is 10.3. The van der Waals surface area contributed by atoms with Crippen LogP contribution < -0.4 is 11.1 Å². The Hall–Kier alpha value is -3.19. The van der Waals surface area contributed by atoms with Crippen LogP contribution in [0.25, 0.3) is 21.7 Å². The number of carbonyl (C=O) groups is 1. The van der Waals surface area contributed by atoms with E-state index in [1.807, 2.05) is 23.6 Å². The van der Waals surface area contributed by atoms with Crippen LogP contribution in [0.2, 0.25) is 0 Å². The topological polar surface area (TPSA) is 77.1 Å². The quantitative estimate of drug-likeness (QED) is 0.506. The molecule has 0 bridgehead atoms. The number of aromatic nitrogens is 2. The number of fused-ring (bicyclic) bond motifs is 1. The minimum absolute atomic E-state index is 0.101. The molecule has 0 saturated heterocycles. The fourth-order valence-corrected chi connectivity index (χ4v) is 3.97. The molecule has 0 saturated carbocycles. The molecular weight excluding hydrogens is 386 g/mol. The maximum Gasteiger partial charge on any atom is 0.419 e. The van der Waals surface area contributed by atoms with Crippen molar-refractivity contribution in [3.63, 3.8) is 0 Å². The first-order valence-electron chi connectivity index (χ1n) is 9.47. The van der Waals surface area contributed by atoms with Gasteiger partial charge in [-0.15, -0.1) is 11.3 Å². The van der Waals surface area contributed by atoms with Crippen LogP contribution in [0.5, 0.6) is 0 Å². The van der Waals surface area contributed by atoms with Gasteiger partial charge in [0.15, 0.2) is 5.58 Å². The van der Waals surface area contributed by atoms with Crippen molar-refractivity contribution >= 4 is 28.3 Å².